The number of hydrogen-bond acceptors (Lipinski definition) is 1. The second kappa shape index (κ2) is 6.62. The lowest BCUT2D eigenvalue weighted by molar-refractivity contribution is 0.198. The second-order valence-corrected chi connectivity index (χ2v) is 5.75. The minimum atomic E-state index is -0.0310. The van der Waals surface area contributed by atoms with Gasteiger partial charge in [0.15, 0.2) is 0 Å². The Hall–Kier alpha value is -1.74. The maximum Gasteiger partial charge on any atom is 0.0507 e. The molecule has 1 aromatic rings. The maximum absolute atomic E-state index is 5.72. The van der Waals surface area contributed by atoms with Crippen LogP contribution in [0.15, 0.2) is 48.2 Å². The Morgan fingerprint density at radius 2 is 2.20 bits per heavy atom. The number of rotatable bonds is 4. The summed E-state index contributed by atoms with van der Waals surface area (Å²) in [7, 11) is 0. The molecule has 2 unspecified atom stereocenters. The van der Waals surface area contributed by atoms with Gasteiger partial charge in [0.2, 0.25) is 0 Å². The van der Waals surface area contributed by atoms with Crippen LogP contribution in [0.2, 0.25) is 0 Å². The molecule has 0 aromatic heterocycles. The van der Waals surface area contributed by atoms with Crippen LogP contribution in [-0.4, -0.2) is 13.1 Å². The van der Waals surface area contributed by atoms with Gasteiger partial charge in [-0.05, 0) is 30.9 Å². The van der Waals surface area contributed by atoms with Crippen LogP contribution >= 0.6 is 0 Å². The lowest BCUT2D eigenvalue weighted by Gasteiger charge is -2.41. The molecule has 1 aromatic carbocycles. The van der Waals surface area contributed by atoms with Crippen molar-refractivity contribution in [1.82, 2.24) is 5.32 Å². The van der Waals surface area contributed by atoms with E-state index in [-0.39, 0.29) is 5.41 Å². The third-order valence-corrected chi connectivity index (χ3v) is 4.39. The minimum Gasteiger partial charge on any atom is -0.316 e. The van der Waals surface area contributed by atoms with E-state index in [9.17, 15) is 0 Å². The molecule has 2 atom stereocenters. The maximum atomic E-state index is 5.72. The predicted octanol–water partition coefficient (Wildman–Crippen LogP) is 3.58. The summed E-state index contributed by atoms with van der Waals surface area (Å²) in [6.07, 6.45) is 8.98. The first kappa shape index (κ1) is 14.7. The lowest BCUT2D eigenvalue weighted by atomic mass is 9.67. The molecule has 1 aliphatic heterocycles. The van der Waals surface area contributed by atoms with Crippen molar-refractivity contribution in [1.29, 1.82) is 0 Å². The minimum absolute atomic E-state index is 0.0310. The molecule has 0 bridgehead atoms. The fourth-order valence-corrected chi connectivity index (χ4v) is 3.29. The van der Waals surface area contributed by atoms with Gasteiger partial charge < -0.3 is 5.32 Å². The number of terminal acetylenes is 1. The van der Waals surface area contributed by atoms with E-state index in [1.54, 1.807) is 0 Å². The Balaban J connectivity index is 2.34. The first-order valence-electron chi connectivity index (χ1n) is 7.36. The molecule has 0 spiro atoms. The van der Waals surface area contributed by atoms with Crippen molar-refractivity contribution in [2.75, 3.05) is 13.1 Å². The van der Waals surface area contributed by atoms with Crippen LogP contribution in [0.5, 0.6) is 0 Å². The van der Waals surface area contributed by atoms with Gasteiger partial charge in [0.25, 0.3) is 0 Å². The quantitative estimate of drug-likeness (QED) is 0.648. The number of benzene rings is 1. The topological polar surface area (TPSA) is 12.0 Å². The zero-order valence-electron chi connectivity index (χ0n) is 12.3. The van der Waals surface area contributed by atoms with E-state index in [1.807, 2.05) is 0 Å². The Labute approximate surface area is 122 Å². The van der Waals surface area contributed by atoms with Crippen LogP contribution in [0.1, 0.15) is 25.3 Å². The van der Waals surface area contributed by atoms with Crippen molar-refractivity contribution in [3.63, 3.8) is 0 Å². The highest BCUT2D eigenvalue weighted by atomic mass is 14.9. The van der Waals surface area contributed by atoms with Crippen molar-refractivity contribution in [3.8, 4) is 12.3 Å². The van der Waals surface area contributed by atoms with E-state index >= 15 is 0 Å². The molecule has 1 fully saturated rings. The lowest BCUT2D eigenvalue weighted by Crippen LogP contribution is -2.46. The van der Waals surface area contributed by atoms with Crippen molar-refractivity contribution in [2.45, 2.75) is 26.2 Å². The zero-order valence-corrected chi connectivity index (χ0v) is 12.3. The van der Waals surface area contributed by atoms with Gasteiger partial charge in [-0.15, -0.1) is 12.2 Å². The molecule has 0 saturated carbocycles. The Morgan fingerprint density at radius 1 is 1.45 bits per heavy atom. The Kier molecular flexibility index (Phi) is 4.85. The summed E-state index contributed by atoms with van der Waals surface area (Å²) < 4.78 is 0. The fraction of sp³-hybridized carbons (Fsp3) is 0.421. The van der Waals surface area contributed by atoms with Crippen LogP contribution in [0.3, 0.4) is 0 Å². The summed E-state index contributed by atoms with van der Waals surface area (Å²) in [5.74, 6) is 3.50. The highest BCUT2D eigenvalue weighted by Gasteiger charge is 2.38. The fourth-order valence-electron chi connectivity index (χ4n) is 3.29. The molecule has 1 N–H and O–H groups in total. The predicted molar refractivity (Wildman–Crippen MR) is 85.3 cm³/mol. The van der Waals surface area contributed by atoms with Gasteiger partial charge in [-0.2, -0.15) is 0 Å². The third-order valence-electron chi connectivity index (χ3n) is 4.39. The molecular weight excluding hydrogens is 242 g/mol. The van der Waals surface area contributed by atoms with Gasteiger partial charge in [0.05, 0.1) is 5.57 Å². The molecule has 1 heterocycles. The molecular formula is C19H23N. The van der Waals surface area contributed by atoms with Crippen molar-refractivity contribution >= 4 is 0 Å². The average molecular weight is 265 g/mol. The standard InChI is InChI=1S/C19H23N/c1-4-16-12-19(15-20-14-16,18(5-2)6-3)13-17-10-8-7-9-11-17/h2,7-11,16,20H,3-4,12-15H2,1H3. The summed E-state index contributed by atoms with van der Waals surface area (Å²) in [4.78, 5) is 0. The van der Waals surface area contributed by atoms with Crippen LogP contribution in [0.25, 0.3) is 0 Å². The van der Waals surface area contributed by atoms with Gasteiger partial charge in [0, 0.05) is 12.0 Å². The molecule has 20 heavy (non-hydrogen) atoms. The Bertz CT molecular complexity index is 531. The highest BCUT2D eigenvalue weighted by molar-refractivity contribution is 5.35. The van der Waals surface area contributed by atoms with Crippen LogP contribution in [0, 0.1) is 23.7 Å². The van der Waals surface area contributed by atoms with Crippen LogP contribution in [-0.2, 0) is 6.42 Å². The number of hydrogen-bond donors (Lipinski definition) is 1. The molecule has 1 nitrogen and oxygen atoms in total. The number of nitrogens with one attached hydrogen (secondary N) is 1. The highest BCUT2D eigenvalue weighted by Crippen LogP contribution is 2.40. The Morgan fingerprint density at radius 3 is 2.80 bits per heavy atom. The summed E-state index contributed by atoms with van der Waals surface area (Å²) in [5, 5.41) is 3.56. The van der Waals surface area contributed by atoms with Gasteiger partial charge >= 0.3 is 0 Å². The average Bonchev–Trinajstić information content (AvgIpc) is 2.49. The van der Waals surface area contributed by atoms with E-state index < -0.39 is 0 Å². The molecule has 0 aliphatic carbocycles. The first-order chi connectivity index (χ1) is 9.74. The summed E-state index contributed by atoms with van der Waals surface area (Å²) in [6, 6.07) is 10.6. The second-order valence-electron chi connectivity index (χ2n) is 5.75. The largest absolute Gasteiger partial charge is 0.316 e. The van der Waals surface area contributed by atoms with Crippen molar-refractivity contribution < 1.29 is 0 Å². The van der Waals surface area contributed by atoms with Crippen molar-refractivity contribution in [2.24, 2.45) is 11.3 Å². The smallest absolute Gasteiger partial charge is 0.0507 e. The van der Waals surface area contributed by atoms with Gasteiger partial charge in [-0.3, -0.25) is 0 Å². The van der Waals surface area contributed by atoms with Crippen molar-refractivity contribution in [3.05, 3.63) is 53.8 Å². The molecule has 104 valence electrons. The van der Waals surface area contributed by atoms with E-state index in [1.165, 1.54) is 12.0 Å². The molecule has 2 rings (SSSR count). The van der Waals surface area contributed by atoms with Crippen LogP contribution < -0.4 is 5.32 Å². The summed E-state index contributed by atoms with van der Waals surface area (Å²) in [6.45, 7) is 8.06. The normalized spacial score (nSPS) is 25.5. The third kappa shape index (κ3) is 3.05. The van der Waals surface area contributed by atoms with E-state index in [4.69, 9.17) is 6.42 Å². The SMILES string of the molecule is C#CC(=C=C)C1(Cc2ccccc2)CNCC(CC)C1. The van der Waals surface area contributed by atoms with E-state index in [0.717, 1.165) is 31.5 Å². The molecule has 1 aliphatic rings. The molecule has 1 saturated heterocycles. The van der Waals surface area contributed by atoms with Gasteiger partial charge in [-0.25, -0.2) is 0 Å². The van der Waals surface area contributed by atoms with Crippen LogP contribution in [0.4, 0.5) is 0 Å². The molecule has 0 radical (unpaired) electrons. The summed E-state index contributed by atoms with van der Waals surface area (Å²) >= 11 is 0. The number of piperidine rings is 1. The van der Waals surface area contributed by atoms with Gasteiger partial charge in [0.1, 0.15) is 0 Å². The first-order valence-corrected chi connectivity index (χ1v) is 7.36. The summed E-state index contributed by atoms with van der Waals surface area (Å²) in [5.41, 5.74) is 5.24. The zero-order chi connectivity index (χ0) is 14.4. The molecule has 0 amide bonds. The van der Waals surface area contributed by atoms with E-state index in [0.29, 0.717) is 5.92 Å². The molecule has 1 heteroatoms. The van der Waals surface area contributed by atoms with E-state index in [2.05, 4.69) is 60.8 Å². The monoisotopic (exact) mass is 265 g/mol. The van der Waals surface area contributed by atoms with Gasteiger partial charge in [-0.1, -0.05) is 56.2 Å².